The highest BCUT2D eigenvalue weighted by Crippen LogP contribution is 2.49. The summed E-state index contributed by atoms with van der Waals surface area (Å²) in [5.41, 5.74) is 6.61. The Labute approximate surface area is 230 Å². The van der Waals surface area contributed by atoms with Crippen molar-refractivity contribution < 1.29 is 23.8 Å². The first-order valence-electron chi connectivity index (χ1n) is 12.4. The summed E-state index contributed by atoms with van der Waals surface area (Å²) in [5.74, 6) is -0.185. The predicted molar refractivity (Wildman–Crippen MR) is 149 cm³/mol. The van der Waals surface area contributed by atoms with Crippen LogP contribution in [0.1, 0.15) is 52.4 Å². The van der Waals surface area contributed by atoms with Crippen LogP contribution in [0.15, 0.2) is 82.0 Å². The number of ketones is 1. The molecule has 38 heavy (non-hydrogen) atoms. The number of carbonyl (C=O) groups excluding carboxylic acids is 2. The second-order valence-electron chi connectivity index (χ2n) is 9.29. The number of aryl methyl sites for hydroxylation is 1. The van der Waals surface area contributed by atoms with Gasteiger partial charge in [-0.05, 0) is 60.0 Å². The monoisotopic (exact) mass is 573 g/mol. The van der Waals surface area contributed by atoms with E-state index in [1.54, 1.807) is 0 Å². The number of Topliss-reactive ketones (excluding diaryl/α,β-unsaturated/α-hetero) is 1. The van der Waals surface area contributed by atoms with Crippen molar-refractivity contribution in [2.75, 3.05) is 13.7 Å². The standard InChI is InChI=1S/C31H28BrNO5/c1-5-37-24-15-20(14-23(32)30(24)38-16-19-12-10-17(2)11-13-19)26-25(31(35)36-4)18(3)33-28-21-8-6-7-9-22(21)29(34)27(26)28/h6-15,26,33H,5,16H2,1-4H3/t26-/m0/s1. The van der Waals surface area contributed by atoms with Crippen molar-refractivity contribution >= 4 is 33.4 Å². The normalized spacial score (nSPS) is 16.1. The predicted octanol–water partition coefficient (Wildman–Crippen LogP) is 6.48. The van der Waals surface area contributed by atoms with Crippen LogP contribution in [0, 0.1) is 6.92 Å². The molecule has 0 radical (unpaired) electrons. The molecule has 3 aromatic rings. The number of benzene rings is 3. The minimum Gasteiger partial charge on any atom is -0.490 e. The molecule has 1 heterocycles. The Balaban J connectivity index is 1.61. The van der Waals surface area contributed by atoms with Crippen LogP contribution in [0.4, 0.5) is 0 Å². The molecule has 1 aliphatic carbocycles. The third-order valence-corrected chi connectivity index (χ3v) is 7.41. The van der Waals surface area contributed by atoms with Crippen molar-refractivity contribution in [1.29, 1.82) is 0 Å². The number of halogens is 1. The highest BCUT2D eigenvalue weighted by molar-refractivity contribution is 9.10. The zero-order chi connectivity index (χ0) is 27.0. The topological polar surface area (TPSA) is 73.9 Å². The van der Waals surface area contributed by atoms with Crippen molar-refractivity contribution in [3.05, 3.63) is 110 Å². The van der Waals surface area contributed by atoms with Crippen LogP contribution in [-0.4, -0.2) is 25.5 Å². The van der Waals surface area contributed by atoms with E-state index in [2.05, 4.69) is 21.2 Å². The maximum atomic E-state index is 13.7. The SMILES string of the molecule is CCOc1cc([C@H]2C(C(=O)OC)=C(C)NC3=C2C(=O)c2ccccc23)cc(Br)c1OCc1ccc(C)cc1. The van der Waals surface area contributed by atoms with E-state index < -0.39 is 11.9 Å². The Morgan fingerprint density at radius 1 is 1.00 bits per heavy atom. The summed E-state index contributed by atoms with van der Waals surface area (Å²) in [6.45, 7) is 6.55. The molecule has 1 N–H and O–H groups in total. The molecule has 194 valence electrons. The van der Waals surface area contributed by atoms with Crippen LogP contribution < -0.4 is 14.8 Å². The van der Waals surface area contributed by atoms with Crippen LogP contribution in [0.3, 0.4) is 0 Å². The molecular weight excluding hydrogens is 546 g/mol. The van der Waals surface area contributed by atoms with E-state index in [4.69, 9.17) is 14.2 Å². The molecule has 5 rings (SSSR count). The van der Waals surface area contributed by atoms with Crippen LogP contribution in [0.5, 0.6) is 11.5 Å². The van der Waals surface area contributed by atoms with Gasteiger partial charge < -0.3 is 19.5 Å². The molecule has 7 heteroatoms. The van der Waals surface area contributed by atoms with Crippen molar-refractivity contribution in [1.82, 2.24) is 5.32 Å². The molecule has 0 spiro atoms. The van der Waals surface area contributed by atoms with Gasteiger partial charge in [0.25, 0.3) is 0 Å². The first-order chi connectivity index (χ1) is 18.3. The minimum absolute atomic E-state index is 0.115. The molecule has 0 saturated carbocycles. The first kappa shape index (κ1) is 25.8. The first-order valence-corrected chi connectivity index (χ1v) is 13.2. The van der Waals surface area contributed by atoms with Gasteiger partial charge in [-0.2, -0.15) is 0 Å². The Hall–Kier alpha value is -3.84. The molecule has 0 bridgehead atoms. The van der Waals surface area contributed by atoms with Crippen molar-refractivity contribution in [2.24, 2.45) is 0 Å². The van der Waals surface area contributed by atoms with Gasteiger partial charge in [-0.25, -0.2) is 4.79 Å². The number of allylic oxidation sites excluding steroid dienone is 2. The Kier molecular flexibility index (Phi) is 7.13. The number of nitrogens with one attached hydrogen (secondary N) is 1. The van der Waals surface area contributed by atoms with Crippen molar-refractivity contribution in [2.45, 2.75) is 33.3 Å². The van der Waals surface area contributed by atoms with Crippen LogP contribution >= 0.6 is 15.9 Å². The summed E-state index contributed by atoms with van der Waals surface area (Å²) in [6, 6.07) is 19.4. The van der Waals surface area contributed by atoms with Gasteiger partial charge in [0.15, 0.2) is 17.3 Å². The number of hydrogen-bond donors (Lipinski definition) is 1. The Morgan fingerprint density at radius 3 is 2.39 bits per heavy atom. The lowest BCUT2D eigenvalue weighted by atomic mass is 9.79. The van der Waals surface area contributed by atoms with E-state index in [1.807, 2.05) is 81.4 Å². The number of carbonyl (C=O) groups is 2. The average molecular weight is 574 g/mol. The van der Waals surface area contributed by atoms with Gasteiger partial charge >= 0.3 is 5.97 Å². The van der Waals surface area contributed by atoms with Gasteiger partial charge in [0, 0.05) is 28.3 Å². The summed E-state index contributed by atoms with van der Waals surface area (Å²) in [7, 11) is 1.35. The number of dihydropyridines is 1. The molecule has 2 aliphatic rings. The van der Waals surface area contributed by atoms with E-state index in [9.17, 15) is 9.59 Å². The van der Waals surface area contributed by atoms with Gasteiger partial charge in [0.1, 0.15) is 6.61 Å². The fourth-order valence-corrected chi connectivity index (χ4v) is 5.61. The van der Waals surface area contributed by atoms with E-state index in [1.165, 1.54) is 12.7 Å². The lowest BCUT2D eigenvalue weighted by Crippen LogP contribution is -2.29. The highest BCUT2D eigenvalue weighted by atomic mass is 79.9. The number of methoxy groups -OCH3 is 1. The molecule has 0 amide bonds. The van der Waals surface area contributed by atoms with Crippen molar-refractivity contribution in [3.8, 4) is 11.5 Å². The highest BCUT2D eigenvalue weighted by Gasteiger charge is 2.43. The number of esters is 1. The Bertz CT molecular complexity index is 1500. The number of ether oxygens (including phenoxy) is 3. The van der Waals surface area contributed by atoms with Crippen LogP contribution in [-0.2, 0) is 16.1 Å². The molecule has 3 aromatic carbocycles. The van der Waals surface area contributed by atoms with Crippen LogP contribution in [0.25, 0.3) is 5.70 Å². The van der Waals surface area contributed by atoms with Gasteiger partial charge in [-0.1, -0.05) is 54.1 Å². The Morgan fingerprint density at radius 2 is 1.71 bits per heavy atom. The maximum absolute atomic E-state index is 13.7. The van der Waals surface area contributed by atoms with E-state index in [-0.39, 0.29) is 5.78 Å². The number of rotatable bonds is 7. The fraction of sp³-hybridized carbons (Fsp3) is 0.226. The third kappa shape index (κ3) is 4.52. The number of hydrogen-bond acceptors (Lipinski definition) is 6. The summed E-state index contributed by atoms with van der Waals surface area (Å²) < 4.78 is 18.0. The summed E-state index contributed by atoms with van der Waals surface area (Å²) in [5, 5.41) is 3.31. The second kappa shape index (κ2) is 10.5. The van der Waals surface area contributed by atoms with Gasteiger partial charge in [0.05, 0.1) is 29.5 Å². The van der Waals surface area contributed by atoms with Gasteiger partial charge in [-0.15, -0.1) is 0 Å². The number of fused-ring (bicyclic) bond motifs is 2. The summed E-state index contributed by atoms with van der Waals surface area (Å²) >= 11 is 3.67. The molecule has 1 atom stereocenters. The molecule has 0 unspecified atom stereocenters. The largest absolute Gasteiger partial charge is 0.490 e. The van der Waals surface area contributed by atoms with E-state index in [0.29, 0.717) is 51.6 Å². The maximum Gasteiger partial charge on any atom is 0.336 e. The smallest absolute Gasteiger partial charge is 0.336 e. The molecule has 0 fully saturated rings. The third-order valence-electron chi connectivity index (χ3n) is 6.82. The van der Waals surface area contributed by atoms with Crippen molar-refractivity contribution in [3.63, 3.8) is 0 Å². The molecule has 0 aromatic heterocycles. The minimum atomic E-state index is -0.653. The molecular formula is C31H28BrNO5. The van der Waals surface area contributed by atoms with E-state index >= 15 is 0 Å². The summed E-state index contributed by atoms with van der Waals surface area (Å²) in [4.78, 5) is 26.7. The van der Waals surface area contributed by atoms with Gasteiger partial charge in [0.2, 0.25) is 0 Å². The van der Waals surface area contributed by atoms with Gasteiger partial charge in [-0.3, -0.25) is 4.79 Å². The second-order valence-corrected chi connectivity index (χ2v) is 10.1. The lowest BCUT2D eigenvalue weighted by molar-refractivity contribution is -0.136. The summed E-state index contributed by atoms with van der Waals surface area (Å²) in [6.07, 6.45) is 0. The molecule has 0 saturated heterocycles. The average Bonchev–Trinajstić information content (AvgIpc) is 3.19. The zero-order valence-electron chi connectivity index (χ0n) is 21.7. The lowest BCUT2D eigenvalue weighted by Gasteiger charge is -2.29. The fourth-order valence-electron chi connectivity index (χ4n) is 5.04. The quantitative estimate of drug-likeness (QED) is 0.326. The molecule has 6 nitrogen and oxygen atoms in total. The molecule has 1 aliphatic heterocycles. The van der Waals surface area contributed by atoms with E-state index in [0.717, 1.165) is 22.4 Å². The van der Waals surface area contributed by atoms with Crippen LogP contribution in [0.2, 0.25) is 0 Å². The zero-order valence-corrected chi connectivity index (χ0v) is 23.3.